The second kappa shape index (κ2) is 6.44. The summed E-state index contributed by atoms with van der Waals surface area (Å²) in [6.07, 6.45) is 0. The topological polar surface area (TPSA) is 85.4 Å². The monoisotopic (exact) mass is 306 g/mol. The van der Waals surface area contributed by atoms with Gasteiger partial charge in [0.25, 0.3) is 5.91 Å². The van der Waals surface area contributed by atoms with E-state index < -0.39 is 21.2 Å². The number of nitrogens with zero attached hydrogens (tertiary/aromatic N) is 1. The highest BCUT2D eigenvalue weighted by Gasteiger charge is 2.24. The Kier molecular flexibility index (Phi) is 5.45. The number of rotatable bonds is 6. The van der Waals surface area contributed by atoms with Crippen LogP contribution in [0, 0.1) is 0 Å². The Balaban J connectivity index is 2.79. The summed E-state index contributed by atoms with van der Waals surface area (Å²) >= 11 is 1.34. The highest BCUT2D eigenvalue weighted by atomic mass is 32.2. The van der Waals surface area contributed by atoms with Gasteiger partial charge in [0.15, 0.2) is 0 Å². The van der Waals surface area contributed by atoms with Gasteiger partial charge in [0.05, 0.1) is 11.6 Å². The third kappa shape index (κ3) is 4.26. The van der Waals surface area contributed by atoms with Gasteiger partial charge >= 0.3 is 0 Å². The molecule has 0 aliphatic rings. The first kappa shape index (κ1) is 16.1. The molecule has 0 unspecified atom stereocenters. The van der Waals surface area contributed by atoms with Crippen LogP contribution in [0.5, 0.6) is 0 Å². The fraction of sp³-hybridized carbons (Fsp3) is 0.636. The molecule has 0 aliphatic carbocycles. The van der Waals surface area contributed by atoms with Crippen LogP contribution in [-0.2, 0) is 14.8 Å². The fourth-order valence-corrected chi connectivity index (χ4v) is 2.96. The van der Waals surface area contributed by atoms with Gasteiger partial charge in [0.1, 0.15) is 10.9 Å². The summed E-state index contributed by atoms with van der Waals surface area (Å²) in [5.41, 5.74) is 0.127. The molecule has 0 fully saturated rings. The Hall–Kier alpha value is -0.990. The molecule has 0 saturated heterocycles. The van der Waals surface area contributed by atoms with Gasteiger partial charge in [-0.2, -0.15) is 0 Å². The zero-order valence-corrected chi connectivity index (χ0v) is 13.0. The molecule has 0 saturated carbocycles. The molecule has 0 radical (unpaired) electrons. The third-order valence-corrected chi connectivity index (χ3v) is 5.23. The van der Waals surface area contributed by atoms with Crippen LogP contribution >= 0.6 is 11.3 Å². The summed E-state index contributed by atoms with van der Waals surface area (Å²) in [4.78, 5) is 15.9. The van der Waals surface area contributed by atoms with Crippen molar-refractivity contribution in [1.82, 2.24) is 9.71 Å². The molecule has 0 spiro atoms. The van der Waals surface area contributed by atoms with E-state index in [9.17, 15) is 13.2 Å². The lowest BCUT2D eigenvalue weighted by Crippen LogP contribution is -2.39. The van der Waals surface area contributed by atoms with Crippen LogP contribution in [0.3, 0.4) is 0 Å². The maximum absolute atomic E-state index is 11.8. The van der Waals surface area contributed by atoms with Crippen LogP contribution in [0.2, 0.25) is 0 Å². The molecule has 1 rings (SSSR count). The fourth-order valence-electron chi connectivity index (χ4n) is 1.26. The van der Waals surface area contributed by atoms with Gasteiger partial charge in [-0.1, -0.05) is 13.8 Å². The van der Waals surface area contributed by atoms with Crippen LogP contribution in [0.1, 0.15) is 42.2 Å². The van der Waals surface area contributed by atoms with E-state index >= 15 is 0 Å². The Bertz CT molecular complexity index is 537. The number of aromatic nitrogens is 1. The Morgan fingerprint density at radius 2 is 2.11 bits per heavy atom. The average Bonchev–Trinajstić information content (AvgIpc) is 2.78. The molecule has 1 N–H and O–H groups in total. The summed E-state index contributed by atoms with van der Waals surface area (Å²) in [7, 11) is -2.33. The number of hydrogen-bond acceptors (Lipinski definition) is 6. The normalized spacial score (nSPS) is 13.5. The van der Waals surface area contributed by atoms with Crippen LogP contribution in [-0.4, -0.2) is 38.3 Å². The summed E-state index contributed by atoms with van der Waals surface area (Å²) in [6, 6.07) is 0. The second-order valence-corrected chi connectivity index (χ2v) is 7.46. The van der Waals surface area contributed by atoms with Crippen LogP contribution in [0.4, 0.5) is 0 Å². The van der Waals surface area contributed by atoms with Gasteiger partial charge in [-0.05, 0) is 6.92 Å². The third-order valence-electron chi connectivity index (χ3n) is 2.41. The molecule has 8 heteroatoms. The van der Waals surface area contributed by atoms with Crippen LogP contribution < -0.4 is 4.72 Å². The standard InChI is InChI=1S/C11H18N2O4S2/c1-7(2)11-12-9(6-18-11)10(14)13-19(15,16)8(3)5-17-4/h6-8H,5H2,1-4H3,(H,13,14)/t8-/m1/s1. The van der Waals surface area contributed by atoms with E-state index in [1.165, 1.54) is 25.4 Å². The predicted molar refractivity (Wildman–Crippen MR) is 73.9 cm³/mol. The van der Waals surface area contributed by atoms with E-state index in [1.807, 2.05) is 18.6 Å². The van der Waals surface area contributed by atoms with Gasteiger partial charge in [0.2, 0.25) is 10.0 Å². The Morgan fingerprint density at radius 1 is 1.47 bits per heavy atom. The largest absolute Gasteiger partial charge is 0.383 e. The second-order valence-electron chi connectivity index (χ2n) is 4.47. The van der Waals surface area contributed by atoms with Crippen LogP contribution in [0.15, 0.2) is 5.38 Å². The van der Waals surface area contributed by atoms with Gasteiger partial charge in [-0.25, -0.2) is 18.1 Å². The molecule has 19 heavy (non-hydrogen) atoms. The average molecular weight is 306 g/mol. The van der Waals surface area contributed by atoms with E-state index in [1.54, 1.807) is 5.38 Å². The SMILES string of the molecule is COC[C@@H](C)S(=O)(=O)NC(=O)c1csc(C(C)C)n1. The molecule has 1 aromatic rings. The number of sulfonamides is 1. The van der Waals surface area contributed by atoms with Crippen molar-refractivity contribution in [1.29, 1.82) is 0 Å². The molecule has 0 aromatic carbocycles. The summed E-state index contributed by atoms with van der Waals surface area (Å²) in [6.45, 7) is 5.41. The van der Waals surface area contributed by atoms with E-state index in [-0.39, 0.29) is 18.2 Å². The highest BCUT2D eigenvalue weighted by Crippen LogP contribution is 2.19. The number of carbonyl (C=O) groups is 1. The van der Waals surface area contributed by atoms with Crippen molar-refractivity contribution in [2.45, 2.75) is 31.9 Å². The quantitative estimate of drug-likeness (QED) is 0.857. The first-order valence-corrected chi connectivity index (χ1v) is 8.20. The number of carbonyl (C=O) groups excluding carboxylic acids is 1. The lowest BCUT2D eigenvalue weighted by atomic mass is 10.2. The van der Waals surface area contributed by atoms with E-state index in [0.717, 1.165) is 5.01 Å². The van der Waals surface area contributed by atoms with E-state index in [4.69, 9.17) is 4.74 Å². The number of nitrogens with one attached hydrogen (secondary N) is 1. The minimum absolute atomic E-state index is 0.0247. The molecular formula is C11H18N2O4S2. The molecule has 1 amide bonds. The van der Waals surface area contributed by atoms with E-state index in [0.29, 0.717) is 0 Å². The molecule has 1 atom stereocenters. The predicted octanol–water partition coefficient (Wildman–Crippen LogP) is 1.36. The first-order valence-electron chi connectivity index (χ1n) is 5.78. The number of methoxy groups -OCH3 is 1. The summed E-state index contributed by atoms with van der Waals surface area (Å²) in [5, 5.41) is 1.55. The molecule has 108 valence electrons. The van der Waals surface area contributed by atoms with Crippen molar-refractivity contribution in [2.24, 2.45) is 0 Å². The van der Waals surface area contributed by atoms with Crippen molar-refractivity contribution in [3.63, 3.8) is 0 Å². The zero-order chi connectivity index (χ0) is 14.6. The number of ether oxygens (including phenoxy) is 1. The highest BCUT2D eigenvalue weighted by molar-refractivity contribution is 7.90. The lowest BCUT2D eigenvalue weighted by molar-refractivity contribution is 0.0976. The summed E-state index contributed by atoms with van der Waals surface area (Å²) < 4.78 is 30.4. The van der Waals surface area contributed by atoms with Crippen molar-refractivity contribution < 1.29 is 17.9 Å². The van der Waals surface area contributed by atoms with Crippen molar-refractivity contribution >= 4 is 27.3 Å². The molecule has 1 aromatic heterocycles. The zero-order valence-electron chi connectivity index (χ0n) is 11.3. The lowest BCUT2D eigenvalue weighted by Gasteiger charge is -2.12. The van der Waals surface area contributed by atoms with Gasteiger partial charge in [0, 0.05) is 18.4 Å². The molecular weight excluding hydrogens is 288 g/mol. The van der Waals surface area contributed by atoms with Gasteiger partial charge in [-0.3, -0.25) is 4.79 Å². The van der Waals surface area contributed by atoms with Crippen molar-refractivity contribution in [3.8, 4) is 0 Å². The van der Waals surface area contributed by atoms with Crippen molar-refractivity contribution in [3.05, 3.63) is 16.1 Å². The number of amides is 1. The van der Waals surface area contributed by atoms with Gasteiger partial charge in [-0.15, -0.1) is 11.3 Å². The van der Waals surface area contributed by atoms with Crippen LogP contribution in [0.25, 0.3) is 0 Å². The number of thiazole rings is 1. The molecule has 0 bridgehead atoms. The van der Waals surface area contributed by atoms with E-state index in [2.05, 4.69) is 4.98 Å². The van der Waals surface area contributed by atoms with Crippen molar-refractivity contribution in [2.75, 3.05) is 13.7 Å². The molecule has 6 nitrogen and oxygen atoms in total. The maximum Gasteiger partial charge on any atom is 0.284 e. The Morgan fingerprint density at radius 3 is 2.58 bits per heavy atom. The molecule has 0 aliphatic heterocycles. The summed E-state index contributed by atoms with van der Waals surface area (Å²) in [5.74, 6) is -0.498. The Labute approximate surface area is 117 Å². The maximum atomic E-state index is 11.8. The smallest absolute Gasteiger partial charge is 0.284 e. The minimum Gasteiger partial charge on any atom is -0.383 e. The minimum atomic E-state index is -3.74. The first-order chi connectivity index (χ1) is 8.77. The number of hydrogen-bond donors (Lipinski definition) is 1. The molecule has 1 heterocycles. The van der Waals surface area contributed by atoms with Gasteiger partial charge < -0.3 is 4.74 Å².